The Bertz CT molecular complexity index is 246. The summed E-state index contributed by atoms with van der Waals surface area (Å²) in [6.45, 7) is 0. The first-order valence-corrected chi connectivity index (χ1v) is 4.62. The van der Waals surface area contributed by atoms with Crippen LogP contribution in [0.5, 0.6) is 0 Å². The maximum atomic E-state index is 10.5. The molecule has 0 aliphatic carbocycles. The third-order valence-electron chi connectivity index (χ3n) is 1.04. The number of alkyl halides is 1. The van der Waals surface area contributed by atoms with Crippen molar-refractivity contribution in [2.24, 2.45) is 5.73 Å². The fraction of sp³-hybridized carbons (Fsp3) is 0.167. The summed E-state index contributed by atoms with van der Waals surface area (Å²) in [5.41, 5.74) is 5.04. The Balaban J connectivity index is 2.88. The highest BCUT2D eigenvalue weighted by atomic mass is 79.9. The molecule has 0 aliphatic heterocycles. The molecule has 0 fully saturated rings. The van der Waals surface area contributed by atoms with Crippen LogP contribution in [0, 0.1) is 0 Å². The van der Waals surface area contributed by atoms with Crippen molar-refractivity contribution in [3.8, 4) is 0 Å². The Morgan fingerprint density at radius 2 is 2.40 bits per heavy atom. The van der Waals surface area contributed by atoms with Crippen LogP contribution in [0.1, 0.15) is 14.5 Å². The van der Waals surface area contributed by atoms with Gasteiger partial charge in [0.15, 0.2) is 0 Å². The van der Waals surface area contributed by atoms with Gasteiger partial charge in [0.2, 0.25) is 0 Å². The standard InChI is InChI=1S/C6H6BrNOS/c7-3-4-1-2-5(10-4)6(8)9/h1-2H,3H2,(H2,8,9). The molecule has 0 bridgehead atoms. The van der Waals surface area contributed by atoms with Crippen LogP contribution in [-0.2, 0) is 5.33 Å². The van der Waals surface area contributed by atoms with Crippen LogP contribution in [-0.4, -0.2) is 5.91 Å². The number of hydrogen-bond acceptors (Lipinski definition) is 2. The fourth-order valence-electron chi connectivity index (χ4n) is 0.582. The molecule has 1 aromatic rings. The van der Waals surface area contributed by atoms with E-state index in [0.717, 1.165) is 10.2 Å². The third-order valence-corrected chi connectivity index (χ3v) is 3.11. The maximum absolute atomic E-state index is 10.5. The van der Waals surface area contributed by atoms with Crippen molar-refractivity contribution >= 4 is 33.2 Å². The Hall–Kier alpha value is -0.350. The number of nitrogens with two attached hydrogens (primary N) is 1. The molecule has 1 rings (SSSR count). The molecule has 0 atom stereocenters. The van der Waals surface area contributed by atoms with Crippen LogP contribution in [0.25, 0.3) is 0 Å². The second-order valence-electron chi connectivity index (χ2n) is 1.76. The fourth-order valence-corrected chi connectivity index (χ4v) is 1.82. The summed E-state index contributed by atoms with van der Waals surface area (Å²) < 4.78 is 0. The molecular weight excluding hydrogens is 214 g/mol. The largest absolute Gasteiger partial charge is 0.365 e. The summed E-state index contributed by atoms with van der Waals surface area (Å²) in [5.74, 6) is -0.350. The van der Waals surface area contributed by atoms with Crippen molar-refractivity contribution in [1.82, 2.24) is 0 Å². The van der Waals surface area contributed by atoms with Crippen LogP contribution in [0.3, 0.4) is 0 Å². The lowest BCUT2D eigenvalue weighted by atomic mass is 10.4. The first-order chi connectivity index (χ1) is 4.74. The molecule has 0 saturated carbocycles. The lowest BCUT2D eigenvalue weighted by molar-refractivity contribution is 0.100. The number of carbonyl (C=O) groups is 1. The van der Waals surface area contributed by atoms with Crippen molar-refractivity contribution in [2.75, 3.05) is 0 Å². The molecule has 4 heteroatoms. The van der Waals surface area contributed by atoms with Gasteiger partial charge in [-0.15, -0.1) is 11.3 Å². The normalized spacial score (nSPS) is 9.70. The van der Waals surface area contributed by atoms with Gasteiger partial charge in [0.25, 0.3) is 5.91 Å². The Morgan fingerprint density at radius 3 is 2.70 bits per heavy atom. The van der Waals surface area contributed by atoms with E-state index in [-0.39, 0.29) is 5.91 Å². The van der Waals surface area contributed by atoms with Gasteiger partial charge in [-0.05, 0) is 12.1 Å². The van der Waals surface area contributed by atoms with Crippen molar-refractivity contribution in [3.05, 3.63) is 21.9 Å². The van der Waals surface area contributed by atoms with Crippen LogP contribution >= 0.6 is 27.3 Å². The van der Waals surface area contributed by atoms with E-state index in [4.69, 9.17) is 5.73 Å². The summed E-state index contributed by atoms with van der Waals surface area (Å²) in [7, 11) is 0. The van der Waals surface area contributed by atoms with E-state index < -0.39 is 0 Å². The molecule has 2 N–H and O–H groups in total. The highest BCUT2D eigenvalue weighted by Gasteiger charge is 2.02. The summed E-state index contributed by atoms with van der Waals surface area (Å²) in [5, 5.41) is 0.783. The van der Waals surface area contributed by atoms with Crippen molar-refractivity contribution in [1.29, 1.82) is 0 Å². The molecule has 1 aromatic heterocycles. The van der Waals surface area contributed by atoms with Gasteiger partial charge in [0.05, 0.1) is 4.88 Å². The van der Waals surface area contributed by atoms with Gasteiger partial charge in [-0.2, -0.15) is 0 Å². The Kier molecular flexibility index (Phi) is 2.45. The van der Waals surface area contributed by atoms with Gasteiger partial charge in [-0.25, -0.2) is 0 Å². The van der Waals surface area contributed by atoms with Crippen molar-refractivity contribution < 1.29 is 4.79 Å². The summed E-state index contributed by atoms with van der Waals surface area (Å²) in [6, 6.07) is 3.63. The quantitative estimate of drug-likeness (QED) is 0.758. The molecule has 0 saturated heterocycles. The van der Waals surface area contributed by atoms with Crippen LogP contribution in [0.4, 0.5) is 0 Å². The van der Waals surface area contributed by atoms with Gasteiger partial charge in [-0.1, -0.05) is 15.9 Å². The molecule has 2 nitrogen and oxygen atoms in total. The number of amides is 1. The monoisotopic (exact) mass is 219 g/mol. The van der Waals surface area contributed by atoms with Crippen LogP contribution < -0.4 is 5.73 Å². The first-order valence-electron chi connectivity index (χ1n) is 2.68. The summed E-state index contributed by atoms with van der Waals surface area (Å²) >= 11 is 4.70. The second-order valence-corrected chi connectivity index (χ2v) is 3.49. The van der Waals surface area contributed by atoms with Crippen LogP contribution in [0.15, 0.2) is 12.1 Å². The molecule has 0 aliphatic rings. The van der Waals surface area contributed by atoms with Gasteiger partial charge < -0.3 is 5.73 Å². The molecule has 1 heterocycles. The number of carbonyl (C=O) groups excluding carboxylic acids is 1. The zero-order valence-electron chi connectivity index (χ0n) is 5.13. The number of halogens is 1. The highest BCUT2D eigenvalue weighted by molar-refractivity contribution is 9.08. The predicted octanol–water partition coefficient (Wildman–Crippen LogP) is 1.74. The topological polar surface area (TPSA) is 43.1 Å². The minimum Gasteiger partial charge on any atom is -0.365 e. The highest BCUT2D eigenvalue weighted by Crippen LogP contribution is 2.17. The van der Waals surface area contributed by atoms with Gasteiger partial charge >= 0.3 is 0 Å². The second kappa shape index (κ2) is 3.16. The molecule has 10 heavy (non-hydrogen) atoms. The minimum atomic E-state index is -0.350. The summed E-state index contributed by atoms with van der Waals surface area (Å²) in [4.78, 5) is 12.3. The van der Waals surface area contributed by atoms with E-state index in [2.05, 4.69) is 15.9 Å². The zero-order valence-corrected chi connectivity index (χ0v) is 7.54. The predicted molar refractivity (Wildman–Crippen MR) is 45.5 cm³/mol. The number of hydrogen-bond donors (Lipinski definition) is 1. The van der Waals surface area contributed by atoms with E-state index in [1.807, 2.05) is 6.07 Å². The number of rotatable bonds is 2. The average Bonchev–Trinajstić information content (AvgIpc) is 2.34. The molecule has 1 amide bonds. The molecule has 54 valence electrons. The first kappa shape index (κ1) is 7.75. The van der Waals surface area contributed by atoms with Crippen molar-refractivity contribution in [2.45, 2.75) is 5.33 Å². The minimum absolute atomic E-state index is 0.350. The Morgan fingerprint density at radius 1 is 1.70 bits per heavy atom. The van der Waals surface area contributed by atoms with Crippen LogP contribution in [0.2, 0.25) is 0 Å². The van der Waals surface area contributed by atoms with Crippen molar-refractivity contribution in [3.63, 3.8) is 0 Å². The smallest absolute Gasteiger partial charge is 0.258 e. The molecule has 0 spiro atoms. The summed E-state index contributed by atoms with van der Waals surface area (Å²) in [6.07, 6.45) is 0. The zero-order chi connectivity index (χ0) is 7.56. The van der Waals surface area contributed by atoms with E-state index >= 15 is 0 Å². The number of primary amides is 1. The van der Waals surface area contributed by atoms with Gasteiger partial charge in [0, 0.05) is 10.2 Å². The lowest BCUT2D eigenvalue weighted by Gasteiger charge is -1.83. The van der Waals surface area contributed by atoms with E-state index in [1.165, 1.54) is 11.3 Å². The molecule has 0 unspecified atom stereocenters. The maximum Gasteiger partial charge on any atom is 0.258 e. The van der Waals surface area contributed by atoms with Gasteiger partial charge in [0.1, 0.15) is 0 Å². The number of thiophene rings is 1. The molecular formula is C6H6BrNOS. The SMILES string of the molecule is NC(=O)c1ccc(CBr)s1. The van der Waals surface area contributed by atoms with E-state index in [0.29, 0.717) is 4.88 Å². The average molecular weight is 220 g/mol. The van der Waals surface area contributed by atoms with E-state index in [9.17, 15) is 4.79 Å². The van der Waals surface area contributed by atoms with Gasteiger partial charge in [-0.3, -0.25) is 4.79 Å². The van der Waals surface area contributed by atoms with E-state index in [1.54, 1.807) is 6.07 Å². The third kappa shape index (κ3) is 1.58. The molecule has 0 aromatic carbocycles. The molecule has 0 radical (unpaired) electrons. The Labute approximate surface area is 71.2 Å². The lowest BCUT2D eigenvalue weighted by Crippen LogP contribution is -2.07.